The van der Waals surface area contributed by atoms with E-state index in [0.717, 1.165) is 6.42 Å². The summed E-state index contributed by atoms with van der Waals surface area (Å²) in [7, 11) is 0. The number of hydrogen-bond acceptors (Lipinski definition) is 5. The predicted octanol–water partition coefficient (Wildman–Crippen LogP) is 1.89. The summed E-state index contributed by atoms with van der Waals surface area (Å²) >= 11 is 0. The summed E-state index contributed by atoms with van der Waals surface area (Å²) in [5.74, 6) is 0.237. The number of carbonyl (C=O) groups excluding carboxylic acids is 2. The van der Waals surface area contributed by atoms with Gasteiger partial charge in [-0.3, -0.25) is 4.79 Å². The minimum Gasteiger partial charge on any atom is -0.452 e. The molecule has 0 radical (unpaired) electrons. The number of nitrogens with one attached hydrogen (secondary N) is 1. The van der Waals surface area contributed by atoms with E-state index in [-0.39, 0.29) is 12.5 Å². The zero-order valence-electron chi connectivity index (χ0n) is 14.2. The lowest BCUT2D eigenvalue weighted by atomic mass is 10.1. The first-order valence-corrected chi connectivity index (χ1v) is 7.89. The molecule has 0 saturated heterocycles. The van der Waals surface area contributed by atoms with Gasteiger partial charge < -0.3 is 10.1 Å². The number of carbonyl (C=O) groups is 2. The van der Waals surface area contributed by atoms with E-state index in [4.69, 9.17) is 4.74 Å². The molecule has 7 heteroatoms. The van der Waals surface area contributed by atoms with Crippen LogP contribution in [0.3, 0.4) is 0 Å². The molecule has 2 rings (SSSR count). The molecule has 0 atom stereocenters. The van der Waals surface area contributed by atoms with Gasteiger partial charge in [0.25, 0.3) is 5.91 Å². The zero-order chi connectivity index (χ0) is 17.5. The van der Waals surface area contributed by atoms with E-state index in [1.54, 1.807) is 29.9 Å². The van der Waals surface area contributed by atoms with Crippen LogP contribution < -0.4 is 5.32 Å². The maximum absolute atomic E-state index is 12.1. The Labute approximate surface area is 141 Å². The Kier molecular flexibility index (Phi) is 6.06. The van der Waals surface area contributed by atoms with Crippen molar-refractivity contribution in [2.45, 2.75) is 27.2 Å². The van der Waals surface area contributed by atoms with Crippen molar-refractivity contribution in [1.82, 2.24) is 20.1 Å². The molecular weight excluding hydrogens is 308 g/mol. The smallest absolute Gasteiger partial charge is 0.342 e. The van der Waals surface area contributed by atoms with Crippen molar-refractivity contribution >= 4 is 11.9 Å². The van der Waals surface area contributed by atoms with Gasteiger partial charge >= 0.3 is 5.97 Å². The largest absolute Gasteiger partial charge is 0.452 e. The van der Waals surface area contributed by atoms with Crippen molar-refractivity contribution in [2.24, 2.45) is 5.92 Å². The average molecular weight is 330 g/mol. The van der Waals surface area contributed by atoms with Gasteiger partial charge in [-0.05, 0) is 31.4 Å². The summed E-state index contributed by atoms with van der Waals surface area (Å²) in [5.41, 5.74) is 0.926. The number of hydrogen-bond donors (Lipinski definition) is 1. The molecular formula is C17H22N4O3. The number of ether oxygens (including phenoxy) is 1. The highest BCUT2D eigenvalue weighted by Crippen LogP contribution is 2.13. The van der Waals surface area contributed by atoms with Crippen LogP contribution in [0.2, 0.25) is 0 Å². The Morgan fingerprint density at radius 3 is 2.79 bits per heavy atom. The molecule has 0 aliphatic heterocycles. The molecule has 0 aromatic carbocycles. The van der Waals surface area contributed by atoms with Crippen LogP contribution in [0.4, 0.5) is 0 Å². The lowest BCUT2D eigenvalue weighted by Crippen LogP contribution is -2.30. The van der Waals surface area contributed by atoms with Crippen LogP contribution in [-0.4, -0.2) is 39.8 Å². The lowest BCUT2D eigenvalue weighted by Gasteiger charge is -2.08. The molecule has 1 N–H and O–H groups in total. The van der Waals surface area contributed by atoms with Crippen molar-refractivity contribution in [1.29, 1.82) is 0 Å². The second-order valence-electron chi connectivity index (χ2n) is 5.85. The average Bonchev–Trinajstić information content (AvgIpc) is 2.95. The van der Waals surface area contributed by atoms with Crippen LogP contribution in [0.5, 0.6) is 0 Å². The van der Waals surface area contributed by atoms with Gasteiger partial charge in [0.1, 0.15) is 5.56 Å². The van der Waals surface area contributed by atoms with E-state index in [2.05, 4.69) is 29.2 Å². The number of nitrogens with zero attached hydrogens (tertiary/aromatic N) is 3. The van der Waals surface area contributed by atoms with Crippen molar-refractivity contribution in [2.75, 3.05) is 13.2 Å². The molecule has 0 fully saturated rings. The summed E-state index contributed by atoms with van der Waals surface area (Å²) < 4.78 is 6.61. The highest BCUT2D eigenvalue weighted by Gasteiger charge is 2.18. The van der Waals surface area contributed by atoms with E-state index < -0.39 is 5.97 Å². The molecule has 2 heterocycles. The molecule has 24 heavy (non-hydrogen) atoms. The van der Waals surface area contributed by atoms with E-state index in [9.17, 15) is 9.59 Å². The maximum atomic E-state index is 12.1. The monoisotopic (exact) mass is 330 g/mol. The fourth-order valence-electron chi connectivity index (χ4n) is 2.08. The van der Waals surface area contributed by atoms with Crippen LogP contribution in [0.15, 0.2) is 30.6 Å². The highest BCUT2D eigenvalue weighted by molar-refractivity contribution is 5.92. The molecule has 2 aromatic rings. The Morgan fingerprint density at radius 1 is 1.33 bits per heavy atom. The van der Waals surface area contributed by atoms with Crippen LogP contribution >= 0.6 is 0 Å². The normalized spacial score (nSPS) is 10.7. The summed E-state index contributed by atoms with van der Waals surface area (Å²) in [6, 6.07) is 5.43. The number of esters is 1. The first-order chi connectivity index (χ1) is 11.5. The van der Waals surface area contributed by atoms with Crippen molar-refractivity contribution in [3.63, 3.8) is 0 Å². The number of pyridine rings is 1. The quantitative estimate of drug-likeness (QED) is 0.784. The number of amides is 1. The predicted molar refractivity (Wildman–Crippen MR) is 88.8 cm³/mol. The minimum absolute atomic E-state index is 0.300. The van der Waals surface area contributed by atoms with Gasteiger partial charge in [-0.2, -0.15) is 5.10 Å². The molecule has 0 aliphatic rings. The van der Waals surface area contributed by atoms with Crippen LogP contribution in [-0.2, 0) is 9.53 Å². The molecule has 7 nitrogen and oxygen atoms in total. The molecule has 2 aromatic heterocycles. The lowest BCUT2D eigenvalue weighted by molar-refractivity contribution is -0.124. The Bertz CT molecular complexity index is 695. The van der Waals surface area contributed by atoms with Crippen LogP contribution in [0.1, 0.15) is 36.3 Å². The van der Waals surface area contributed by atoms with E-state index in [1.807, 2.05) is 6.07 Å². The van der Waals surface area contributed by atoms with Gasteiger partial charge in [0.15, 0.2) is 12.4 Å². The number of aromatic nitrogens is 3. The summed E-state index contributed by atoms with van der Waals surface area (Å²) in [4.78, 5) is 28.0. The second-order valence-corrected chi connectivity index (χ2v) is 5.85. The van der Waals surface area contributed by atoms with Gasteiger partial charge in [0.05, 0.1) is 11.9 Å². The SMILES string of the molecule is Cc1c(C(=O)OCC(=O)NCCC(C)C)cnn1-c1ccccn1. The molecule has 0 saturated carbocycles. The van der Waals surface area contributed by atoms with Crippen molar-refractivity contribution in [3.8, 4) is 5.82 Å². The summed E-state index contributed by atoms with van der Waals surface area (Å²) in [6.45, 7) is 6.18. The van der Waals surface area contributed by atoms with Gasteiger partial charge in [0.2, 0.25) is 0 Å². The zero-order valence-corrected chi connectivity index (χ0v) is 14.2. The molecule has 0 unspecified atom stereocenters. The first-order valence-electron chi connectivity index (χ1n) is 7.89. The summed E-state index contributed by atoms with van der Waals surface area (Å²) in [5, 5.41) is 6.88. The van der Waals surface area contributed by atoms with E-state index >= 15 is 0 Å². The topological polar surface area (TPSA) is 86.1 Å². The summed E-state index contributed by atoms with van der Waals surface area (Å²) in [6.07, 6.45) is 3.95. The standard InChI is InChI=1S/C17H22N4O3/c1-12(2)7-9-19-16(22)11-24-17(23)14-10-20-21(13(14)3)15-6-4-5-8-18-15/h4-6,8,10,12H,7,9,11H2,1-3H3,(H,19,22). The fourth-order valence-corrected chi connectivity index (χ4v) is 2.08. The van der Waals surface area contributed by atoms with Crippen molar-refractivity contribution < 1.29 is 14.3 Å². The second kappa shape index (κ2) is 8.24. The van der Waals surface area contributed by atoms with Gasteiger partial charge in [-0.15, -0.1) is 0 Å². The highest BCUT2D eigenvalue weighted by atomic mass is 16.5. The third-order valence-electron chi connectivity index (χ3n) is 3.47. The first kappa shape index (κ1) is 17.7. The molecule has 0 bridgehead atoms. The fraction of sp³-hybridized carbons (Fsp3) is 0.412. The minimum atomic E-state index is -0.575. The molecule has 0 aliphatic carbocycles. The third-order valence-corrected chi connectivity index (χ3v) is 3.47. The number of rotatable bonds is 7. The molecule has 128 valence electrons. The Hall–Kier alpha value is -2.70. The maximum Gasteiger partial charge on any atom is 0.342 e. The van der Waals surface area contributed by atoms with Gasteiger partial charge in [-0.25, -0.2) is 14.5 Å². The Balaban J connectivity index is 1.92. The van der Waals surface area contributed by atoms with Crippen LogP contribution in [0.25, 0.3) is 5.82 Å². The van der Waals surface area contributed by atoms with Crippen molar-refractivity contribution in [3.05, 3.63) is 41.9 Å². The molecule has 0 spiro atoms. The molecule has 1 amide bonds. The van der Waals surface area contributed by atoms with Crippen LogP contribution in [0, 0.1) is 12.8 Å². The third kappa shape index (κ3) is 4.65. The Morgan fingerprint density at radius 2 is 2.12 bits per heavy atom. The van der Waals surface area contributed by atoms with Gasteiger partial charge in [0, 0.05) is 12.7 Å². The van der Waals surface area contributed by atoms with E-state index in [0.29, 0.717) is 29.5 Å². The van der Waals surface area contributed by atoms with Gasteiger partial charge in [-0.1, -0.05) is 19.9 Å². The van der Waals surface area contributed by atoms with E-state index in [1.165, 1.54) is 6.20 Å².